The third-order valence-corrected chi connectivity index (χ3v) is 5.09. The van der Waals surface area contributed by atoms with Gasteiger partial charge in [-0.25, -0.2) is 0 Å². The van der Waals surface area contributed by atoms with E-state index in [0.29, 0.717) is 34.6 Å². The summed E-state index contributed by atoms with van der Waals surface area (Å²) < 4.78 is 17.1. The molecule has 1 aromatic heterocycles. The molecular weight excluding hydrogens is 432 g/mol. The highest BCUT2D eigenvalue weighted by atomic mass is 79.9. The minimum Gasteiger partial charge on any atom is -0.493 e. The molecule has 0 radical (unpaired) electrons. The number of hydrogen-bond donors (Lipinski definition) is 0. The van der Waals surface area contributed by atoms with Gasteiger partial charge in [0.25, 0.3) is 5.22 Å². The van der Waals surface area contributed by atoms with Crippen molar-refractivity contribution >= 4 is 33.5 Å². The van der Waals surface area contributed by atoms with E-state index in [4.69, 9.17) is 13.9 Å². The van der Waals surface area contributed by atoms with Gasteiger partial charge in [0.1, 0.15) is 0 Å². The first kappa shape index (κ1) is 19.4. The number of halogens is 1. The molecule has 6 nitrogen and oxygen atoms in total. The fourth-order valence-corrected chi connectivity index (χ4v) is 3.32. The maximum atomic E-state index is 12.2. The van der Waals surface area contributed by atoms with E-state index in [1.54, 1.807) is 26.4 Å². The SMILES string of the molecule is COc1ccc(Cc2nnc(SCC(=O)c3ccc(Br)cc3)o2)cc1OC. The number of carbonyl (C=O) groups excluding carboxylic acids is 1. The predicted molar refractivity (Wildman–Crippen MR) is 106 cm³/mol. The number of hydrogen-bond acceptors (Lipinski definition) is 7. The summed E-state index contributed by atoms with van der Waals surface area (Å²) in [7, 11) is 3.18. The smallest absolute Gasteiger partial charge is 0.277 e. The van der Waals surface area contributed by atoms with E-state index >= 15 is 0 Å². The first-order chi connectivity index (χ1) is 13.1. The second-order valence-electron chi connectivity index (χ2n) is 5.55. The molecule has 140 valence electrons. The summed E-state index contributed by atoms with van der Waals surface area (Å²) >= 11 is 4.58. The van der Waals surface area contributed by atoms with Gasteiger partial charge in [0.15, 0.2) is 17.3 Å². The average molecular weight is 449 g/mol. The Labute approximate surface area is 169 Å². The lowest BCUT2D eigenvalue weighted by Gasteiger charge is -2.08. The summed E-state index contributed by atoms with van der Waals surface area (Å²) in [5, 5.41) is 8.42. The van der Waals surface area contributed by atoms with E-state index in [1.807, 2.05) is 30.3 Å². The lowest BCUT2D eigenvalue weighted by molar-refractivity contribution is 0.102. The summed E-state index contributed by atoms with van der Waals surface area (Å²) in [6.45, 7) is 0. The van der Waals surface area contributed by atoms with Crippen molar-refractivity contribution in [2.75, 3.05) is 20.0 Å². The van der Waals surface area contributed by atoms with Crippen LogP contribution in [0.2, 0.25) is 0 Å². The highest BCUT2D eigenvalue weighted by Gasteiger charge is 2.13. The third kappa shape index (κ3) is 5.11. The highest BCUT2D eigenvalue weighted by molar-refractivity contribution is 9.10. The van der Waals surface area contributed by atoms with Gasteiger partial charge in [-0.15, -0.1) is 10.2 Å². The van der Waals surface area contributed by atoms with E-state index in [0.717, 1.165) is 10.0 Å². The highest BCUT2D eigenvalue weighted by Crippen LogP contribution is 2.28. The van der Waals surface area contributed by atoms with Crippen LogP contribution in [0.1, 0.15) is 21.8 Å². The van der Waals surface area contributed by atoms with Crippen LogP contribution in [0.4, 0.5) is 0 Å². The van der Waals surface area contributed by atoms with Crippen LogP contribution < -0.4 is 9.47 Å². The number of Topliss-reactive ketones (excluding diaryl/α,β-unsaturated/α-hetero) is 1. The van der Waals surface area contributed by atoms with Gasteiger partial charge in [-0.2, -0.15) is 0 Å². The Kier molecular flexibility index (Phi) is 6.52. The van der Waals surface area contributed by atoms with Crippen molar-refractivity contribution in [2.45, 2.75) is 11.6 Å². The number of ether oxygens (including phenoxy) is 2. The van der Waals surface area contributed by atoms with Crippen LogP contribution in [-0.4, -0.2) is 36.0 Å². The first-order valence-electron chi connectivity index (χ1n) is 8.04. The van der Waals surface area contributed by atoms with Crippen LogP contribution in [-0.2, 0) is 6.42 Å². The molecule has 3 rings (SSSR count). The zero-order valence-electron chi connectivity index (χ0n) is 14.8. The zero-order chi connectivity index (χ0) is 19.2. The Bertz CT molecular complexity index is 928. The molecule has 27 heavy (non-hydrogen) atoms. The van der Waals surface area contributed by atoms with Crippen molar-refractivity contribution in [2.24, 2.45) is 0 Å². The molecule has 0 N–H and O–H groups in total. The zero-order valence-corrected chi connectivity index (χ0v) is 17.2. The number of rotatable bonds is 8. The molecule has 0 amide bonds. The summed E-state index contributed by atoms with van der Waals surface area (Å²) in [6, 6.07) is 12.9. The average Bonchev–Trinajstić information content (AvgIpc) is 3.13. The monoisotopic (exact) mass is 448 g/mol. The number of carbonyl (C=O) groups is 1. The number of aromatic nitrogens is 2. The van der Waals surface area contributed by atoms with Crippen LogP contribution in [0.15, 0.2) is 56.6 Å². The minimum absolute atomic E-state index is 0.00661. The Balaban J connectivity index is 1.60. The maximum absolute atomic E-state index is 12.2. The Morgan fingerprint density at radius 3 is 2.52 bits per heavy atom. The standard InChI is InChI=1S/C19H17BrN2O4S/c1-24-16-8-3-12(9-17(16)25-2)10-18-21-22-19(26-18)27-11-15(23)13-4-6-14(20)7-5-13/h3-9H,10-11H2,1-2H3. The van der Waals surface area contributed by atoms with Crippen LogP contribution in [0.25, 0.3) is 0 Å². The largest absolute Gasteiger partial charge is 0.493 e. The Hall–Kier alpha value is -2.32. The molecule has 0 fully saturated rings. The van der Waals surface area contributed by atoms with Gasteiger partial charge >= 0.3 is 0 Å². The molecular formula is C19H17BrN2O4S. The summed E-state index contributed by atoms with van der Waals surface area (Å²) in [4.78, 5) is 12.2. The van der Waals surface area contributed by atoms with E-state index in [1.165, 1.54) is 11.8 Å². The predicted octanol–water partition coefficient (Wildman–Crippen LogP) is 4.42. The van der Waals surface area contributed by atoms with Crippen molar-refractivity contribution in [3.8, 4) is 11.5 Å². The van der Waals surface area contributed by atoms with E-state index in [-0.39, 0.29) is 11.5 Å². The van der Waals surface area contributed by atoms with Gasteiger partial charge in [-0.05, 0) is 29.8 Å². The number of thioether (sulfide) groups is 1. The fourth-order valence-electron chi connectivity index (χ4n) is 2.38. The molecule has 0 aliphatic heterocycles. The molecule has 8 heteroatoms. The molecule has 0 unspecified atom stereocenters. The number of ketones is 1. The van der Waals surface area contributed by atoms with Crippen molar-refractivity contribution in [1.82, 2.24) is 10.2 Å². The van der Waals surface area contributed by atoms with Crippen molar-refractivity contribution in [3.05, 3.63) is 64.0 Å². The van der Waals surface area contributed by atoms with E-state index < -0.39 is 0 Å². The van der Waals surface area contributed by atoms with Crippen molar-refractivity contribution < 1.29 is 18.7 Å². The van der Waals surface area contributed by atoms with Crippen LogP contribution in [0, 0.1) is 0 Å². The maximum Gasteiger partial charge on any atom is 0.277 e. The van der Waals surface area contributed by atoms with E-state index in [2.05, 4.69) is 26.1 Å². The van der Waals surface area contributed by atoms with Gasteiger partial charge in [0.05, 0.1) is 26.4 Å². The number of benzene rings is 2. The van der Waals surface area contributed by atoms with Crippen LogP contribution in [0.3, 0.4) is 0 Å². The van der Waals surface area contributed by atoms with Gasteiger partial charge in [-0.3, -0.25) is 4.79 Å². The molecule has 0 saturated carbocycles. The second kappa shape index (κ2) is 9.05. The summed E-state index contributed by atoms with van der Waals surface area (Å²) in [6.07, 6.45) is 0.467. The quantitative estimate of drug-likeness (QED) is 0.372. The lowest BCUT2D eigenvalue weighted by Crippen LogP contribution is -2.01. The second-order valence-corrected chi connectivity index (χ2v) is 7.39. The molecule has 0 atom stereocenters. The van der Waals surface area contributed by atoms with Crippen LogP contribution >= 0.6 is 27.7 Å². The Morgan fingerprint density at radius 1 is 1.07 bits per heavy atom. The molecule has 0 spiro atoms. The fraction of sp³-hybridized carbons (Fsp3) is 0.211. The Morgan fingerprint density at radius 2 is 1.81 bits per heavy atom. The molecule has 0 bridgehead atoms. The van der Waals surface area contributed by atoms with Crippen LogP contribution in [0.5, 0.6) is 11.5 Å². The van der Waals surface area contributed by atoms with Gasteiger partial charge in [0, 0.05) is 10.0 Å². The molecule has 0 aliphatic carbocycles. The minimum atomic E-state index is 0.00661. The lowest BCUT2D eigenvalue weighted by atomic mass is 10.1. The normalized spacial score (nSPS) is 10.6. The number of nitrogens with zero attached hydrogens (tertiary/aromatic N) is 2. The molecule has 0 aliphatic rings. The van der Waals surface area contributed by atoms with Gasteiger partial charge < -0.3 is 13.9 Å². The van der Waals surface area contributed by atoms with Gasteiger partial charge in [-0.1, -0.05) is 45.9 Å². The molecule has 3 aromatic rings. The number of methoxy groups -OCH3 is 2. The van der Waals surface area contributed by atoms with Crippen molar-refractivity contribution in [3.63, 3.8) is 0 Å². The molecule has 0 saturated heterocycles. The summed E-state index contributed by atoms with van der Waals surface area (Å²) in [5.41, 5.74) is 1.61. The van der Waals surface area contributed by atoms with Gasteiger partial charge in [0.2, 0.25) is 5.89 Å². The van der Waals surface area contributed by atoms with E-state index in [9.17, 15) is 4.79 Å². The van der Waals surface area contributed by atoms with Crippen molar-refractivity contribution in [1.29, 1.82) is 0 Å². The third-order valence-electron chi connectivity index (χ3n) is 3.74. The summed E-state index contributed by atoms with van der Waals surface area (Å²) in [5.74, 6) is 2.02. The topological polar surface area (TPSA) is 74.5 Å². The first-order valence-corrected chi connectivity index (χ1v) is 9.81. The molecule has 1 heterocycles. The molecule has 2 aromatic carbocycles.